The fraction of sp³-hybridized carbons (Fsp3) is 0.333. The molecule has 14 heavy (non-hydrogen) atoms. The molecule has 0 bridgehead atoms. The largest absolute Gasteiger partial charge is 0.417 e. The molecule has 0 aliphatic carbocycles. The van der Waals surface area contributed by atoms with Gasteiger partial charge in [0.2, 0.25) is 0 Å². The fourth-order valence-corrected chi connectivity index (χ4v) is 1.87. The van der Waals surface area contributed by atoms with Crippen molar-refractivity contribution in [2.24, 2.45) is 0 Å². The number of rotatable bonds is 2. The van der Waals surface area contributed by atoms with Gasteiger partial charge in [-0.05, 0) is 24.0 Å². The lowest BCUT2D eigenvalue weighted by molar-refractivity contribution is -0.137. The van der Waals surface area contributed by atoms with Crippen LogP contribution in [0.3, 0.4) is 0 Å². The molecule has 0 aliphatic rings. The molecule has 1 aromatic rings. The molecule has 78 valence electrons. The van der Waals surface area contributed by atoms with Crippen LogP contribution in [0.2, 0.25) is 5.02 Å². The van der Waals surface area contributed by atoms with Gasteiger partial charge in [0, 0.05) is 5.75 Å². The topological polar surface area (TPSA) is 0 Å². The first kappa shape index (κ1) is 11.7. The summed E-state index contributed by atoms with van der Waals surface area (Å²) in [5.74, 6) is 0.665. The van der Waals surface area contributed by atoms with E-state index in [0.717, 1.165) is 11.6 Å². The smallest absolute Gasteiger partial charge is 0.166 e. The van der Waals surface area contributed by atoms with E-state index in [9.17, 15) is 13.2 Å². The van der Waals surface area contributed by atoms with E-state index >= 15 is 0 Å². The van der Waals surface area contributed by atoms with E-state index in [1.807, 2.05) is 6.26 Å². The maximum atomic E-state index is 12.3. The molecule has 0 unspecified atom stereocenters. The Morgan fingerprint density at radius 2 is 2.00 bits per heavy atom. The molecule has 0 aromatic heterocycles. The van der Waals surface area contributed by atoms with Crippen molar-refractivity contribution >= 4 is 23.4 Å². The van der Waals surface area contributed by atoms with Crippen LogP contribution in [0.15, 0.2) is 18.2 Å². The highest BCUT2D eigenvalue weighted by Gasteiger charge is 2.32. The number of benzene rings is 1. The lowest BCUT2D eigenvalue weighted by Crippen LogP contribution is -2.05. The maximum absolute atomic E-state index is 12.3. The molecule has 0 N–H and O–H groups in total. The van der Waals surface area contributed by atoms with E-state index in [1.54, 1.807) is 0 Å². The highest BCUT2D eigenvalue weighted by molar-refractivity contribution is 7.97. The van der Waals surface area contributed by atoms with Crippen LogP contribution in [0.25, 0.3) is 0 Å². The van der Waals surface area contributed by atoms with Gasteiger partial charge in [0.05, 0.1) is 10.6 Å². The molecule has 0 nitrogen and oxygen atoms in total. The van der Waals surface area contributed by atoms with Crippen molar-refractivity contribution in [1.29, 1.82) is 0 Å². The van der Waals surface area contributed by atoms with E-state index in [0.29, 0.717) is 5.75 Å². The zero-order valence-corrected chi connectivity index (χ0v) is 8.93. The molecule has 0 saturated heterocycles. The van der Waals surface area contributed by atoms with Crippen molar-refractivity contribution in [2.75, 3.05) is 6.26 Å². The Hall–Kier alpha value is -0.350. The highest BCUT2D eigenvalue weighted by Crippen LogP contribution is 2.35. The number of hydrogen-bond donors (Lipinski definition) is 0. The second kappa shape index (κ2) is 4.45. The Morgan fingerprint density at radius 3 is 2.43 bits per heavy atom. The maximum Gasteiger partial charge on any atom is 0.417 e. The van der Waals surface area contributed by atoms with Crippen molar-refractivity contribution in [3.63, 3.8) is 0 Å². The van der Waals surface area contributed by atoms with Crippen molar-refractivity contribution in [3.8, 4) is 0 Å². The van der Waals surface area contributed by atoms with E-state index < -0.39 is 11.7 Å². The third-order valence-corrected chi connectivity index (χ3v) is 2.58. The first-order valence-corrected chi connectivity index (χ1v) is 5.57. The Bertz CT molecular complexity index is 322. The summed E-state index contributed by atoms with van der Waals surface area (Å²) >= 11 is 7.06. The number of alkyl halides is 3. The molecule has 0 heterocycles. The Labute approximate surface area is 89.4 Å². The van der Waals surface area contributed by atoms with Crippen LogP contribution in [0, 0.1) is 0 Å². The predicted molar refractivity (Wildman–Crippen MR) is 53.7 cm³/mol. The molecule has 1 rings (SSSR count). The summed E-state index contributed by atoms with van der Waals surface area (Å²) < 4.78 is 36.8. The standard InChI is InChI=1S/C9H8ClF3S/c1-14-5-6-2-3-7(8(10)4-6)9(11,12)13/h2-4H,5H2,1H3. The van der Waals surface area contributed by atoms with E-state index in [4.69, 9.17) is 11.6 Å². The molecular formula is C9H8ClF3S. The lowest BCUT2D eigenvalue weighted by Gasteiger charge is -2.09. The molecule has 0 fully saturated rings. The zero-order chi connectivity index (χ0) is 10.8. The third-order valence-electron chi connectivity index (χ3n) is 1.65. The molecule has 1 aromatic carbocycles. The van der Waals surface area contributed by atoms with Gasteiger partial charge in [0.1, 0.15) is 0 Å². The minimum atomic E-state index is -4.37. The van der Waals surface area contributed by atoms with Gasteiger partial charge in [-0.3, -0.25) is 0 Å². The summed E-state index contributed by atoms with van der Waals surface area (Å²) in [7, 11) is 0. The summed E-state index contributed by atoms with van der Waals surface area (Å²) in [6, 6.07) is 3.83. The first-order chi connectivity index (χ1) is 6.45. The lowest BCUT2D eigenvalue weighted by atomic mass is 10.1. The van der Waals surface area contributed by atoms with Gasteiger partial charge in [-0.1, -0.05) is 17.7 Å². The summed E-state index contributed by atoms with van der Waals surface area (Å²) in [5.41, 5.74) is 0.0273. The van der Waals surface area contributed by atoms with Crippen molar-refractivity contribution < 1.29 is 13.2 Å². The SMILES string of the molecule is CSCc1ccc(C(F)(F)F)c(Cl)c1. The van der Waals surface area contributed by atoms with Gasteiger partial charge in [-0.2, -0.15) is 24.9 Å². The third kappa shape index (κ3) is 2.82. The van der Waals surface area contributed by atoms with Gasteiger partial charge < -0.3 is 0 Å². The number of halogens is 4. The minimum Gasteiger partial charge on any atom is -0.166 e. The summed E-state index contributed by atoms with van der Waals surface area (Å²) in [4.78, 5) is 0. The summed E-state index contributed by atoms with van der Waals surface area (Å²) in [6.45, 7) is 0. The van der Waals surface area contributed by atoms with Gasteiger partial charge >= 0.3 is 6.18 Å². The van der Waals surface area contributed by atoms with Gasteiger partial charge in [-0.25, -0.2) is 0 Å². The highest BCUT2D eigenvalue weighted by atomic mass is 35.5. The molecule has 0 radical (unpaired) electrons. The summed E-state index contributed by atoms with van der Waals surface area (Å²) in [6.07, 6.45) is -2.49. The monoisotopic (exact) mass is 240 g/mol. The second-order valence-electron chi connectivity index (χ2n) is 2.74. The first-order valence-electron chi connectivity index (χ1n) is 3.79. The number of hydrogen-bond acceptors (Lipinski definition) is 1. The summed E-state index contributed by atoms with van der Waals surface area (Å²) in [5, 5.41) is -0.232. The average molecular weight is 241 g/mol. The van der Waals surface area contributed by atoms with Crippen LogP contribution in [-0.4, -0.2) is 6.26 Å². The minimum absolute atomic E-state index is 0.232. The van der Waals surface area contributed by atoms with E-state index in [2.05, 4.69) is 0 Å². The quantitative estimate of drug-likeness (QED) is 0.746. The van der Waals surface area contributed by atoms with E-state index in [1.165, 1.54) is 23.9 Å². The molecule has 0 spiro atoms. The average Bonchev–Trinajstić information content (AvgIpc) is 2.02. The van der Waals surface area contributed by atoms with Crippen LogP contribution < -0.4 is 0 Å². The van der Waals surface area contributed by atoms with Crippen molar-refractivity contribution in [2.45, 2.75) is 11.9 Å². The van der Waals surface area contributed by atoms with Crippen LogP contribution in [-0.2, 0) is 11.9 Å². The fourth-order valence-electron chi connectivity index (χ4n) is 1.04. The van der Waals surface area contributed by atoms with Crippen LogP contribution in [0.4, 0.5) is 13.2 Å². The normalized spacial score (nSPS) is 11.8. The molecule has 0 atom stereocenters. The van der Waals surface area contributed by atoms with Gasteiger partial charge in [0.25, 0.3) is 0 Å². The Kier molecular flexibility index (Phi) is 3.72. The van der Waals surface area contributed by atoms with Crippen LogP contribution in [0.5, 0.6) is 0 Å². The Balaban J connectivity index is 3.02. The second-order valence-corrected chi connectivity index (χ2v) is 4.02. The predicted octanol–water partition coefficient (Wildman–Crippen LogP) is 4.22. The number of thioether (sulfide) groups is 1. The zero-order valence-electron chi connectivity index (χ0n) is 7.36. The molecule has 0 amide bonds. The molecular weight excluding hydrogens is 233 g/mol. The van der Waals surface area contributed by atoms with Crippen LogP contribution in [0.1, 0.15) is 11.1 Å². The van der Waals surface area contributed by atoms with E-state index in [-0.39, 0.29) is 5.02 Å². The Morgan fingerprint density at radius 1 is 1.36 bits per heavy atom. The van der Waals surface area contributed by atoms with Crippen molar-refractivity contribution in [1.82, 2.24) is 0 Å². The molecule has 0 saturated carbocycles. The van der Waals surface area contributed by atoms with Crippen molar-refractivity contribution in [3.05, 3.63) is 34.3 Å². The van der Waals surface area contributed by atoms with Gasteiger partial charge in [0.15, 0.2) is 0 Å². The van der Waals surface area contributed by atoms with Crippen LogP contribution >= 0.6 is 23.4 Å². The molecule has 5 heteroatoms. The van der Waals surface area contributed by atoms with Gasteiger partial charge in [-0.15, -0.1) is 0 Å². The molecule has 0 aliphatic heterocycles.